The van der Waals surface area contributed by atoms with Crippen molar-refractivity contribution in [1.82, 2.24) is 20.2 Å². The first-order chi connectivity index (χ1) is 14.8. The first-order valence-corrected chi connectivity index (χ1v) is 11.0. The van der Waals surface area contributed by atoms with Crippen LogP contribution in [-0.2, 0) is 0 Å². The average molecular weight is 403 g/mol. The Morgan fingerprint density at radius 1 is 1.10 bits per heavy atom. The van der Waals surface area contributed by atoms with Gasteiger partial charge in [-0.3, -0.25) is 4.98 Å². The van der Waals surface area contributed by atoms with Gasteiger partial charge in [-0.05, 0) is 56.8 Å². The van der Waals surface area contributed by atoms with E-state index in [1.54, 1.807) is 0 Å². The molecule has 156 valence electrons. The largest absolute Gasteiger partial charge is 0.369 e. The minimum absolute atomic E-state index is 0.519. The van der Waals surface area contributed by atoms with Crippen molar-refractivity contribution in [2.24, 2.45) is 0 Å². The van der Waals surface area contributed by atoms with Crippen LogP contribution in [0.25, 0.3) is 22.2 Å². The lowest BCUT2D eigenvalue weighted by atomic mass is 10.1. The molecule has 3 aromatic rings. The van der Waals surface area contributed by atoms with E-state index in [1.807, 2.05) is 12.3 Å². The van der Waals surface area contributed by atoms with Gasteiger partial charge in [0, 0.05) is 61.6 Å². The molecule has 2 aliphatic rings. The van der Waals surface area contributed by atoms with Crippen LogP contribution in [0.2, 0.25) is 0 Å². The fraction of sp³-hybridized carbons (Fsp3) is 0.417. The zero-order chi connectivity index (χ0) is 20.3. The molecule has 0 amide bonds. The normalized spacial score (nSPS) is 20.0. The Morgan fingerprint density at radius 2 is 1.93 bits per heavy atom. The summed E-state index contributed by atoms with van der Waals surface area (Å²) in [6, 6.07) is 15.5. The van der Waals surface area contributed by atoms with Crippen LogP contribution in [0, 0.1) is 0 Å². The fourth-order valence-corrected chi connectivity index (χ4v) is 4.42. The number of hydrogen-bond donors (Lipinski definition) is 2. The Hall–Kier alpha value is -2.70. The number of fused-ring (bicyclic) bond motifs is 1. The Labute approximate surface area is 178 Å². The molecule has 2 saturated heterocycles. The quantitative estimate of drug-likeness (QED) is 0.684. The molecule has 1 aromatic carbocycles. The molecular weight excluding hydrogens is 372 g/mol. The second kappa shape index (κ2) is 8.58. The van der Waals surface area contributed by atoms with Crippen molar-refractivity contribution < 1.29 is 0 Å². The summed E-state index contributed by atoms with van der Waals surface area (Å²) in [6.45, 7) is 6.40. The molecule has 2 N–H and O–H groups in total. The maximum Gasteiger partial charge on any atom is 0.136 e. The topological polar surface area (TPSA) is 56.3 Å². The second-order valence-electron chi connectivity index (χ2n) is 8.44. The zero-order valence-electron chi connectivity index (χ0n) is 17.6. The van der Waals surface area contributed by atoms with Crippen molar-refractivity contribution in [2.45, 2.75) is 18.9 Å². The van der Waals surface area contributed by atoms with Crippen LogP contribution in [0.15, 0.2) is 48.7 Å². The summed E-state index contributed by atoms with van der Waals surface area (Å²) in [4.78, 5) is 14.4. The van der Waals surface area contributed by atoms with Crippen LogP contribution in [0.1, 0.15) is 12.8 Å². The highest BCUT2D eigenvalue weighted by Gasteiger charge is 2.16. The molecule has 2 aliphatic heterocycles. The number of benzene rings is 1. The predicted octanol–water partition coefficient (Wildman–Crippen LogP) is 3.21. The summed E-state index contributed by atoms with van der Waals surface area (Å²) in [5.41, 5.74) is 4.36. The highest BCUT2D eigenvalue weighted by molar-refractivity contribution is 5.92. The van der Waals surface area contributed by atoms with E-state index >= 15 is 0 Å². The van der Waals surface area contributed by atoms with Crippen molar-refractivity contribution in [2.75, 3.05) is 56.5 Å². The highest BCUT2D eigenvalue weighted by atomic mass is 15.2. The van der Waals surface area contributed by atoms with Crippen LogP contribution in [0.3, 0.4) is 0 Å². The van der Waals surface area contributed by atoms with E-state index in [0.717, 1.165) is 67.2 Å². The summed E-state index contributed by atoms with van der Waals surface area (Å²) >= 11 is 0. The van der Waals surface area contributed by atoms with Crippen LogP contribution < -0.4 is 15.5 Å². The van der Waals surface area contributed by atoms with Crippen molar-refractivity contribution in [3.8, 4) is 11.3 Å². The first kappa shape index (κ1) is 19.3. The maximum atomic E-state index is 4.99. The van der Waals surface area contributed by atoms with E-state index < -0.39 is 0 Å². The lowest BCUT2D eigenvalue weighted by Gasteiger charge is -2.34. The Kier molecular flexibility index (Phi) is 5.51. The van der Waals surface area contributed by atoms with E-state index in [4.69, 9.17) is 4.98 Å². The van der Waals surface area contributed by atoms with Crippen LogP contribution in [-0.4, -0.2) is 67.2 Å². The molecular formula is C24H30N6. The molecule has 1 unspecified atom stereocenters. The molecule has 4 heterocycles. The van der Waals surface area contributed by atoms with Crippen molar-refractivity contribution in [3.63, 3.8) is 0 Å². The van der Waals surface area contributed by atoms with Crippen LogP contribution in [0.5, 0.6) is 0 Å². The number of likely N-dealkylation sites (N-methyl/N-ethyl adjacent to an activating group) is 1. The van der Waals surface area contributed by atoms with Crippen LogP contribution in [0.4, 0.5) is 11.5 Å². The summed E-state index contributed by atoms with van der Waals surface area (Å²) in [5, 5.41) is 8.21. The van der Waals surface area contributed by atoms with E-state index in [0.29, 0.717) is 6.04 Å². The van der Waals surface area contributed by atoms with Crippen molar-refractivity contribution in [3.05, 3.63) is 48.7 Å². The Morgan fingerprint density at radius 3 is 2.70 bits per heavy atom. The van der Waals surface area contributed by atoms with Gasteiger partial charge in [0.2, 0.25) is 0 Å². The van der Waals surface area contributed by atoms with Gasteiger partial charge in [0.15, 0.2) is 0 Å². The maximum absolute atomic E-state index is 4.99. The summed E-state index contributed by atoms with van der Waals surface area (Å²) in [7, 11) is 2.19. The molecule has 0 aliphatic carbocycles. The predicted molar refractivity (Wildman–Crippen MR) is 124 cm³/mol. The number of pyridine rings is 2. The van der Waals surface area contributed by atoms with Gasteiger partial charge in [-0.2, -0.15) is 0 Å². The number of nitrogens with one attached hydrogen (secondary N) is 2. The molecule has 2 aromatic heterocycles. The van der Waals surface area contributed by atoms with Crippen molar-refractivity contribution >= 4 is 22.4 Å². The monoisotopic (exact) mass is 402 g/mol. The Bertz CT molecular complexity index is 988. The minimum atomic E-state index is 0.519. The first-order valence-electron chi connectivity index (χ1n) is 11.0. The van der Waals surface area contributed by atoms with Gasteiger partial charge in [0.25, 0.3) is 0 Å². The van der Waals surface area contributed by atoms with E-state index in [2.05, 4.69) is 68.9 Å². The van der Waals surface area contributed by atoms with Gasteiger partial charge >= 0.3 is 0 Å². The molecule has 0 radical (unpaired) electrons. The van der Waals surface area contributed by atoms with Gasteiger partial charge in [-0.25, -0.2) is 4.98 Å². The number of hydrogen-bond acceptors (Lipinski definition) is 6. The smallest absolute Gasteiger partial charge is 0.136 e. The number of rotatable bonds is 5. The van der Waals surface area contributed by atoms with Gasteiger partial charge < -0.3 is 20.4 Å². The summed E-state index contributed by atoms with van der Waals surface area (Å²) < 4.78 is 0. The van der Waals surface area contributed by atoms with E-state index in [1.165, 1.54) is 18.5 Å². The summed E-state index contributed by atoms with van der Waals surface area (Å²) in [6.07, 6.45) is 4.32. The third kappa shape index (κ3) is 4.11. The second-order valence-corrected chi connectivity index (χ2v) is 8.44. The number of piperazine rings is 1. The third-order valence-corrected chi connectivity index (χ3v) is 6.31. The van der Waals surface area contributed by atoms with E-state index in [-0.39, 0.29) is 0 Å². The van der Waals surface area contributed by atoms with Gasteiger partial charge in [-0.15, -0.1) is 0 Å². The lowest BCUT2D eigenvalue weighted by molar-refractivity contribution is 0.313. The highest BCUT2D eigenvalue weighted by Crippen LogP contribution is 2.28. The van der Waals surface area contributed by atoms with E-state index in [9.17, 15) is 0 Å². The average Bonchev–Trinajstić information content (AvgIpc) is 3.32. The van der Waals surface area contributed by atoms with Gasteiger partial charge in [0.1, 0.15) is 5.82 Å². The molecule has 1 atom stereocenters. The fourth-order valence-electron chi connectivity index (χ4n) is 4.42. The van der Waals surface area contributed by atoms with Gasteiger partial charge in [-0.1, -0.05) is 12.1 Å². The molecule has 0 saturated carbocycles. The van der Waals surface area contributed by atoms with Crippen molar-refractivity contribution in [1.29, 1.82) is 0 Å². The standard InChI is InChI=1S/C24H30N6/c1-29-12-14-30(15-13-29)20-8-6-18(7-9-20)22-16-23-21(5-3-11-26-23)24(28-22)27-17-19-4-2-10-25-19/h3,5-9,11,16,19,25H,2,4,10,12-15,17H2,1H3,(H,27,28). The SMILES string of the molecule is CN1CCN(c2ccc(-c3cc4ncccc4c(NCC4CCCN4)n3)cc2)CC1. The Balaban J connectivity index is 1.40. The molecule has 5 rings (SSSR count). The number of nitrogens with zero attached hydrogens (tertiary/aromatic N) is 4. The number of aromatic nitrogens is 2. The molecule has 2 fully saturated rings. The molecule has 0 bridgehead atoms. The van der Waals surface area contributed by atoms with Gasteiger partial charge in [0.05, 0.1) is 11.2 Å². The molecule has 30 heavy (non-hydrogen) atoms. The lowest BCUT2D eigenvalue weighted by Crippen LogP contribution is -2.44. The van der Waals surface area contributed by atoms with Crippen LogP contribution >= 0.6 is 0 Å². The number of anilines is 2. The molecule has 6 nitrogen and oxygen atoms in total. The molecule has 6 heteroatoms. The molecule has 0 spiro atoms. The minimum Gasteiger partial charge on any atom is -0.369 e. The summed E-state index contributed by atoms with van der Waals surface area (Å²) in [5.74, 6) is 0.924. The zero-order valence-corrected chi connectivity index (χ0v) is 17.6. The third-order valence-electron chi connectivity index (χ3n) is 6.31.